The van der Waals surface area contributed by atoms with E-state index in [9.17, 15) is 14.9 Å². The fourth-order valence-corrected chi connectivity index (χ4v) is 1.90. The molecule has 2 aromatic rings. The number of amides is 1. The van der Waals surface area contributed by atoms with Gasteiger partial charge in [0.15, 0.2) is 0 Å². The van der Waals surface area contributed by atoms with Crippen molar-refractivity contribution in [1.82, 2.24) is 0 Å². The van der Waals surface area contributed by atoms with Gasteiger partial charge >= 0.3 is 0 Å². The Bertz CT molecular complexity index is 679. The van der Waals surface area contributed by atoms with Crippen LogP contribution in [0, 0.1) is 16.0 Å². The van der Waals surface area contributed by atoms with Crippen LogP contribution in [0.4, 0.5) is 17.1 Å². The maximum atomic E-state index is 11.6. The highest BCUT2D eigenvalue weighted by Gasteiger charge is 2.07. The first-order chi connectivity index (χ1) is 11.0. The van der Waals surface area contributed by atoms with Crippen molar-refractivity contribution < 1.29 is 9.72 Å². The topological polar surface area (TPSA) is 84.3 Å². The van der Waals surface area contributed by atoms with Crippen molar-refractivity contribution in [2.45, 2.75) is 20.4 Å². The predicted molar refractivity (Wildman–Crippen MR) is 90.3 cm³/mol. The third-order valence-electron chi connectivity index (χ3n) is 3.32. The fraction of sp³-hybridized carbons (Fsp3) is 0.235. The van der Waals surface area contributed by atoms with Crippen LogP contribution in [-0.4, -0.2) is 10.8 Å². The molecular formula is C17H19N3O3. The summed E-state index contributed by atoms with van der Waals surface area (Å²) in [4.78, 5) is 21.8. The van der Waals surface area contributed by atoms with E-state index in [1.165, 1.54) is 12.1 Å². The number of nitro groups is 1. The van der Waals surface area contributed by atoms with E-state index in [1.54, 1.807) is 12.1 Å². The number of nitro benzene ring substituents is 1. The predicted octanol–water partition coefficient (Wildman–Crippen LogP) is 3.80. The van der Waals surface area contributed by atoms with Gasteiger partial charge in [0, 0.05) is 36.0 Å². The molecule has 0 fully saturated rings. The molecule has 0 aromatic heterocycles. The molecule has 0 spiro atoms. The van der Waals surface area contributed by atoms with Gasteiger partial charge in [-0.2, -0.15) is 0 Å². The molecule has 0 aliphatic heterocycles. The minimum absolute atomic E-state index is 0.0170. The molecule has 120 valence electrons. The Morgan fingerprint density at radius 2 is 1.61 bits per heavy atom. The van der Waals surface area contributed by atoms with E-state index >= 15 is 0 Å². The number of anilines is 2. The lowest BCUT2D eigenvalue weighted by Crippen LogP contribution is -2.17. The zero-order valence-corrected chi connectivity index (χ0v) is 13.1. The smallest absolute Gasteiger partial charge is 0.269 e. The Hall–Kier alpha value is -2.89. The van der Waals surface area contributed by atoms with E-state index in [1.807, 2.05) is 38.1 Å². The van der Waals surface area contributed by atoms with Crippen LogP contribution < -0.4 is 10.6 Å². The number of non-ortho nitro benzene ring substituents is 1. The molecule has 1 amide bonds. The summed E-state index contributed by atoms with van der Waals surface area (Å²) in [6.45, 7) is 4.25. The van der Waals surface area contributed by atoms with E-state index in [4.69, 9.17) is 0 Å². The van der Waals surface area contributed by atoms with Crippen LogP contribution in [0.2, 0.25) is 0 Å². The van der Waals surface area contributed by atoms with Gasteiger partial charge in [-0.1, -0.05) is 26.0 Å². The number of benzene rings is 2. The normalized spacial score (nSPS) is 10.4. The van der Waals surface area contributed by atoms with Crippen LogP contribution in [0.5, 0.6) is 0 Å². The standard InChI is InChI=1S/C17H19N3O3/c1-12(2)17(21)19-15-7-5-14(6-8-15)18-11-13-3-9-16(10-4-13)20(22)23/h3-10,12,18H,11H2,1-2H3,(H,19,21). The summed E-state index contributed by atoms with van der Waals surface area (Å²) in [6, 6.07) is 13.8. The van der Waals surface area contributed by atoms with E-state index in [0.717, 1.165) is 16.9 Å². The van der Waals surface area contributed by atoms with E-state index in [-0.39, 0.29) is 17.5 Å². The lowest BCUT2D eigenvalue weighted by Gasteiger charge is -2.10. The zero-order chi connectivity index (χ0) is 16.8. The maximum absolute atomic E-state index is 11.6. The summed E-state index contributed by atoms with van der Waals surface area (Å²) < 4.78 is 0. The van der Waals surface area contributed by atoms with Gasteiger partial charge in [0.2, 0.25) is 5.91 Å². The molecule has 2 N–H and O–H groups in total. The number of carbonyl (C=O) groups excluding carboxylic acids is 1. The highest BCUT2D eigenvalue weighted by atomic mass is 16.6. The van der Waals surface area contributed by atoms with Gasteiger partial charge in [0.05, 0.1) is 4.92 Å². The van der Waals surface area contributed by atoms with Crippen LogP contribution in [-0.2, 0) is 11.3 Å². The molecule has 0 heterocycles. The van der Waals surface area contributed by atoms with E-state index < -0.39 is 4.92 Å². The summed E-state index contributed by atoms with van der Waals surface area (Å²) in [7, 11) is 0. The lowest BCUT2D eigenvalue weighted by molar-refractivity contribution is -0.384. The molecule has 2 aromatic carbocycles. The Balaban J connectivity index is 1.91. The van der Waals surface area contributed by atoms with Crippen molar-refractivity contribution in [2.24, 2.45) is 5.92 Å². The second-order valence-electron chi connectivity index (χ2n) is 5.50. The molecule has 0 bridgehead atoms. The number of hydrogen-bond donors (Lipinski definition) is 2. The van der Waals surface area contributed by atoms with Crippen molar-refractivity contribution in [3.8, 4) is 0 Å². The summed E-state index contributed by atoms with van der Waals surface area (Å²) in [5.74, 6) is -0.0773. The molecule has 0 saturated carbocycles. The first kappa shape index (κ1) is 16.5. The van der Waals surface area contributed by atoms with Crippen LogP contribution in [0.15, 0.2) is 48.5 Å². The minimum Gasteiger partial charge on any atom is -0.381 e. The molecule has 2 rings (SSSR count). The molecule has 0 unspecified atom stereocenters. The van der Waals surface area contributed by atoms with Crippen molar-refractivity contribution in [3.05, 3.63) is 64.2 Å². The van der Waals surface area contributed by atoms with E-state index in [0.29, 0.717) is 6.54 Å². The zero-order valence-electron chi connectivity index (χ0n) is 13.1. The van der Waals surface area contributed by atoms with Crippen molar-refractivity contribution in [3.63, 3.8) is 0 Å². The monoisotopic (exact) mass is 313 g/mol. The Kier molecular flexibility index (Phi) is 5.30. The fourth-order valence-electron chi connectivity index (χ4n) is 1.90. The second-order valence-corrected chi connectivity index (χ2v) is 5.50. The van der Waals surface area contributed by atoms with Crippen molar-refractivity contribution in [1.29, 1.82) is 0 Å². The van der Waals surface area contributed by atoms with Crippen molar-refractivity contribution >= 4 is 23.0 Å². The van der Waals surface area contributed by atoms with Gasteiger partial charge in [-0.3, -0.25) is 14.9 Å². The van der Waals surface area contributed by atoms with Crippen LogP contribution in [0.3, 0.4) is 0 Å². The molecule has 23 heavy (non-hydrogen) atoms. The first-order valence-electron chi connectivity index (χ1n) is 7.34. The number of rotatable bonds is 6. The van der Waals surface area contributed by atoms with Crippen LogP contribution in [0.25, 0.3) is 0 Å². The molecular weight excluding hydrogens is 294 g/mol. The average Bonchev–Trinajstić information content (AvgIpc) is 2.54. The van der Waals surface area contributed by atoms with Gasteiger partial charge < -0.3 is 10.6 Å². The number of nitrogens with zero attached hydrogens (tertiary/aromatic N) is 1. The number of hydrogen-bond acceptors (Lipinski definition) is 4. The largest absolute Gasteiger partial charge is 0.381 e. The Morgan fingerprint density at radius 1 is 1.04 bits per heavy atom. The maximum Gasteiger partial charge on any atom is 0.269 e. The summed E-state index contributed by atoms with van der Waals surface area (Å²) >= 11 is 0. The van der Waals surface area contributed by atoms with Crippen molar-refractivity contribution in [2.75, 3.05) is 10.6 Å². The lowest BCUT2D eigenvalue weighted by atomic mass is 10.2. The highest BCUT2D eigenvalue weighted by Crippen LogP contribution is 2.16. The summed E-state index contributed by atoms with van der Waals surface area (Å²) in [5.41, 5.74) is 2.70. The van der Waals surface area contributed by atoms with Gasteiger partial charge in [0.25, 0.3) is 5.69 Å². The third kappa shape index (κ3) is 4.81. The molecule has 0 saturated heterocycles. The SMILES string of the molecule is CC(C)C(=O)Nc1ccc(NCc2ccc([N+](=O)[O-])cc2)cc1. The molecule has 0 radical (unpaired) electrons. The molecule has 6 nitrogen and oxygen atoms in total. The minimum atomic E-state index is -0.415. The summed E-state index contributed by atoms with van der Waals surface area (Å²) in [5, 5.41) is 16.7. The highest BCUT2D eigenvalue weighted by molar-refractivity contribution is 5.92. The Labute approximate surface area is 134 Å². The average molecular weight is 313 g/mol. The number of carbonyl (C=O) groups is 1. The molecule has 0 aliphatic rings. The Morgan fingerprint density at radius 3 is 2.13 bits per heavy atom. The summed E-state index contributed by atoms with van der Waals surface area (Å²) in [6.07, 6.45) is 0. The third-order valence-corrected chi connectivity index (χ3v) is 3.32. The van der Waals surface area contributed by atoms with Gasteiger partial charge in [-0.25, -0.2) is 0 Å². The first-order valence-corrected chi connectivity index (χ1v) is 7.34. The molecule has 6 heteroatoms. The van der Waals surface area contributed by atoms with Crippen LogP contribution >= 0.6 is 0 Å². The van der Waals surface area contributed by atoms with Gasteiger partial charge in [-0.05, 0) is 29.8 Å². The van der Waals surface area contributed by atoms with Gasteiger partial charge in [0.1, 0.15) is 0 Å². The number of nitrogens with one attached hydrogen (secondary N) is 2. The quantitative estimate of drug-likeness (QED) is 0.627. The molecule has 0 aliphatic carbocycles. The molecule has 0 atom stereocenters. The second kappa shape index (κ2) is 7.40. The van der Waals surface area contributed by atoms with E-state index in [2.05, 4.69) is 10.6 Å². The van der Waals surface area contributed by atoms with Crippen LogP contribution in [0.1, 0.15) is 19.4 Å². The van der Waals surface area contributed by atoms with Gasteiger partial charge in [-0.15, -0.1) is 0 Å².